The Morgan fingerprint density at radius 3 is 2.43 bits per heavy atom. The van der Waals surface area contributed by atoms with Gasteiger partial charge in [0.25, 0.3) is 0 Å². The largest absolute Gasteiger partial charge is 0.384 e. The van der Waals surface area contributed by atoms with Gasteiger partial charge in [-0.05, 0) is 30.8 Å². The lowest BCUT2D eigenvalue weighted by Crippen LogP contribution is -2.22. The highest BCUT2D eigenvalue weighted by Crippen LogP contribution is 2.50. The van der Waals surface area contributed by atoms with Crippen LogP contribution >= 0.6 is 18.2 Å². The van der Waals surface area contributed by atoms with E-state index in [2.05, 4.69) is 0 Å². The minimum Gasteiger partial charge on any atom is -0.330 e. The van der Waals surface area contributed by atoms with Crippen LogP contribution in [0.25, 0.3) is 0 Å². The van der Waals surface area contributed by atoms with Crippen molar-refractivity contribution < 1.29 is 14.4 Å². The summed E-state index contributed by atoms with van der Waals surface area (Å²) in [6.07, 6.45) is 3.79. The van der Waals surface area contributed by atoms with Crippen LogP contribution < -0.4 is 11.5 Å². The molecular formula is C7H19N2O3PS. The van der Waals surface area contributed by atoms with Gasteiger partial charge in [-0.3, -0.25) is 0 Å². The highest BCUT2D eigenvalue weighted by molar-refractivity contribution is 8.54. The Labute approximate surface area is 88.5 Å². The average molecular weight is 242 g/mol. The molecule has 0 aromatic rings. The summed E-state index contributed by atoms with van der Waals surface area (Å²) in [7, 11) is 0. The van der Waals surface area contributed by atoms with Gasteiger partial charge < -0.3 is 21.3 Å². The Balaban J connectivity index is 3.37. The maximum absolute atomic E-state index is 10.5. The van der Waals surface area contributed by atoms with Gasteiger partial charge in [0, 0.05) is 11.8 Å². The second-order valence-corrected chi connectivity index (χ2v) is 6.96. The topological polar surface area (TPSA) is 110 Å². The molecule has 6 N–H and O–H groups in total. The first-order valence-corrected chi connectivity index (χ1v) is 7.81. The van der Waals surface area contributed by atoms with Gasteiger partial charge in [0.15, 0.2) is 0 Å². The molecule has 0 radical (unpaired) electrons. The van der Waals surface area contributed by atoms with E-state index in [9.17, 15) is 4.57 Å². The molecule has 14 heavy (non-hydrogen) atoms. The van der Waals surface area contributed by atoms with Crippen molar-refractivity contribution in [1.82, 2.24) is 0 Å². The van der Waals surface area contributed by atoms with Crippen molar-refractivity contribution in [2.24, 2.45) is 11.5 Å². The van der Waals surface area contributed by atoms with Crippen LogP contribution in [-0.4, -0.2) is 28.1 Å². The third kappa shape index (κ3) is 10.5. The van der Waals surface area contributed by atoms with E-state index >= 15 is 0 Å². The molecule has 0 saturated heterocycles. The molecule has 86 valence electrons. The summed E-state index contributed by atoms with van der Waals surface area (Å²) in [6, 6.07) is -0.134. The van der Waals surface area contributed by atoms with E-state index in [-0.39, 0.29) is 6.04 Å². The van der Waals surface area contributed by atoms with Crippen molar-refractivity contribution in [3.05, 3.63) is 0 Å². The molecule has 1 unspecified atom stereocenters. The van der Waals surface area contributed by atoms with Crippen molar-refractivity contribution in [2.45, 2.75) is 31.7 Å². The van der Waals surface area contributed by atoms with Gasteiger partial charge in [-0.25, -0.2) is 4.57 Å². The fourth-order valence-electron chi connectivity index (χ4n) is 1.00. The molecule has 0 aliphatic rings. The molecular weight excluding hydrogens is 223 g/mol. The molecule has 5 nitrogen and oxygen atoms in total. The zero-order valence-corrected chi connectivity index (χ0v) is 9.84. The minimum atomic E-state index is -3.95. The molecule has 0 heterocycles. The summed E-state index contributed by atoms with van der Waals surface area (Å²) < 4.78 is 10.5. The summed E-state index contributed by atoms with van der Waals surface area (Å²) in [5, 5.41) is 0. The van der Waals surface area contributed by atoms with Crippen LogP contribution in [0.5, 0.6) is 0 Å². The molecule has 0 aromatic carbocycles. The van der Waals surface area contributed by atoms with Gasteiger partial charge in [-0.2, -0.15) is 0 Å². The Morgan fingerprint density at radius 1 is 1.29 bits per heavy atom. The van der Waals surface area contributed by atoms with Crippen molar-refractivity contribution in [3.63, 3.8) is 0 Å². The van der Waals surface area contributed by atoms with Crippen LogP contribution in [0, 0.1) is 0 Å². The van der Waals surface area contributed by atoms with Crippen LogP contribution in [-0.2, 0) is 4.57 Å². The van der Waals surface area contributed by atoms with Gasteiger partial charge >= 0.3 is 6.80 Å². The number of hydrogen-bond donors (Lipinski definition) is 4. The van der Waals surface area contributed by atoms with E-state index in [0.717, 1.165) is 25.7 Å². The van der Waals surface area contributed by atoms with E-state index in [0.29, 0.717) is 23.7 Å². The van der Waals surface area contributed by atoms with Crippen LogP contribution in [0.2, 0.25) is 0 Å². The number of nitrogens with two attached hydrogens (primary N) is 2. The average Bonchev–Trinajstić information content (AvgIpc) is 2.08. The van der Waals surface area contributed by atoms with Gasteiger partial charge in [-0.15, -0.1) is 0 Å². The van der Waals surface area contributed by atoms with Crippen LogP contribution in [0.1, 0.15) is 25.7 Å². The molecule has 0 rings (SSSR count). The lowest BCUT2D eigenvalue weighted by atomic mass is 10.1. The van der Waals surface area contributed by atoms with E-state index in [1.54, 1.807) is 0 Å². The Bertz CT molecular complexity index is 188. The summed E-state index contributed by atoms with van der Waals surface area (Å²) in [5.74, 6) is 0.312. The van der Waals surface area contributed by atoms with E-state index in [1.165, 1.54) is 0 Å². The van der Waals surface area contributed by atoms with Crippen molar-refractivity contribution in [3.8, 4) is 0 Å². The fourth-order valence-corrected chi connectivity index (χ4v) is 2.71. The second kappa shape index (κ2) is 7.68. The van der Waals surface area contributed by atoms with Crippen LogP contribution in [0.3, 0.4) is 0 Å². The monoisotopic (exact) mass is 242 g/mol. The summed E-state index contributed by atoms with van der Waals surface area (Å²) >= 11 is 0.622. The van der Waals surface area contributed by atoms with Crippen molar-refractivity contribution in [1.29, 1.82) is 0 Å². The number of rotatable bonds is 8. The van der Waals surface area contributed by atoms with E-state index in [1.807, 2.05) is 0 Å². The summed E-state index contributed by atoms with van der Waals surface area (Å²) in [4.78, 5) is 17.2. The Hall–Kier alpha value is 0.420. The molecule has 0 aliphatic heterocycles. The zero-order chi connectivity index (χ0) is 11.0. The molecule has 0 aromatic heterocycles. The second-order valence-electron chi connectivity index (χ2n) is 3.18. The maximum Gasteiger partial charge on any atom is 0.384 e. The van der Waals surface area contributed by atoms with Gasteiger partial charge in [-0.1, -0.05) is 12.8 Å². The molecule has 1 atom stereocenters. The quantitative estimate of drug-likeness (QED) is 0.367. The zero-order valence-electron chi connectivity index (χ0n) is 8.13. The maximum atomic E-state index is 10.5. The normalized spacial score (nSPS) is 14.3. The number of hydrogen-bond acceptors (Lipinski definition) is 4. The standard InChI is InChI=1S/C7H19N2O3PS/c8-5-3-1-2-4-7(9)6-14-13(10,11)12/h7H,1-6,8-9H2,(H2,10,11,12). The van der Waals surface area contributed by atoms with Crippen LogP contribution in [0.4, 0.5) is 0 Å². The van der Waals surface area contributed by atoms with Crippen molar-refractivity contribution in [2.75, 3.05) is 12.3 Å². The number of unbranched alkanes of at least 4 members (excludes halogenated alkanes) is 2. The summed E-state index contributed by atoms with van der Waals surface area (Å²) in [6.45, 7) is -3.26. The van der Waals surface area contributed by atoms with E-state index in [4.69, 9.17) is 21.3 Å². The lowest BCUT2D eigenvalue weighted by Gasteiger charge is -2.10. The van der Waals surface area contributed by atoms with Gasteiger partial charge in [0.05, 0.1) is 0 Å². The predicted octanol–water partition coefficient (Wildman–Crippen LogP) is 0.659. The van der Waals surface area contributed by atoms with E-state index < -0.39 is 6.80 Å². The van der Waals surface area contributed by atoms with Crippen LogP contribution in [0.15, 0.2) is 0 Å². The van der Waals surface area contributed by atoms with Gasteiger partial charge in [0.2, 0.25) is 0 Å². The minimum absolute atomic E-state index is 0.134. The Kier molecular flexibility index (Phi) is 7.91. The molecule has 0 saturated carbocycles. The first-order valence-electron chi connectivity index (χ1n) is 4.61. The van der Waals surface area contributed by atoms with Crippen molar-refractivity contribution >= 4 is 18.2 Å². The Morgan fingerprint density at radius 2 is 1.93 bits per heavy atom. The molecule has 0 bridgehead atoms. The summed E-state index contributed by atoms with van der Waals surface area (Å²) in [5.41, 5.74) is 11.0. The van der Waals surface area contributed by atoms with Gasteiger partial charge in [0.1, 0.15) is 0 Å². The first kappa shape index (κ1) is 14.4. The molecule has 0 amide bonds. The highest BCUT2D eigenvalue weighted by atomic mass is 32.7. The fraction of sp³-hybridized carbons (Fsp3) is 1.00. The third-order valence-corrected chi connectivity index (χ3v) is 4.11. The SMILES string of the molecule is NCCCCCC(N)CSP(=O)(O)O. The molecule has 0 aliphatic carbocycles. The highest BCUT2D eigenvalue weighted by Gasteiger charge is 2.15. The smallest absolute Gasteiger partial charge is 0.330 e. The molecule has 7 heteroatoms. The third-order valence-electron chi connectivity index (χ3n) is 1.74. The molecule has 0 fully saturated rings. The predicted molar refractivity (Wildman–Crippen MR) is 60.0 cm³/mol. The lowest BCUT2D eigenvalue weighted by molar-refractivity contribution is 0.396. The first-order chi connectivity index (χ1) is 6.45. The molecule has 0 spiro atoms.